The molecule has 3 amide bonds. The number of carboxylic acid groups (broad SMARTS) is 1. The van der Waals surface area contributed by atoms with Gasteiger partial charge in [0.1, 0.15) is 6.04 Å². The van der Waals surface area contributed by atoms with Crippen LogP contribution in [-0.2, 0) is 14.3 Å². The van der Waals surface area contributed by atoms with Gasteiger partial charge in [0.2, 0.25) is 5.91 Å². The van der Waals surface area contributed by atoms with Crippen molar-refractivity contribution in [1.82, 2.24) is 10.2 Å². The van der Waals surface area contributed by atoms with Gasteiger partial charge in [0, 0.05) is 13.0 Å². The molecule has 0 aromatic rings. The monoisotopic (exact) mass is 303 g/mol. The van der Waals surface area contributed by atoms with E-state index in [0.29, 0.717) is 6.54 Å². The van der Waals surface area contributed by atoms with Crippen molar-refractivity contribution in [3.63, 3.8) is 0 Å². The van der Waals surface area contributed by atoms with Crippen molar-refractivity contribution in [2.45, 2.75) is 38.0 Å². The van der Waals surface area contributed by atoms with E-state index in [9.17, 15) is 14.4 Å². The van der Waals surface area contributed by atoms with Crippen LogP contribution in [0.4, 0.5) is 4.79 Å². The van der Waals surface area contributed by atoms with Crippen LogP contribution in [0, 0.1) is 0 Å². The van der Waals surface area contributed by atoms with Crippen molar-refractivity contribution < 1.29 is 29.3 Å². The van der Waals surface area contributed by atoms with Gasteiger partial charge in [0.25, 0.3) is 0 Å². The summed E-state index contributed by atoms with van der Waals surface area (Å²) < 4.78 is 5.40. The van der Waals surface area contributed by atoms with E-state index in [0.717, 1.165) is 0 Å². The first-order valence-corrected chi connectivity index (χ1v) is 6.66. The minimum Gasteiger partial charge on any atom is -0.480 e. The number of morpholine rings is 1. The Hall–Kier alpha value is -1.87. The summed E-state index contributed by atoms with van der Waals surface area (Å²) in [6.07, 6.45) is -0.945. The fourth-order valence-electron chi connectivity index (χ4n) is 2.10. The summed E-state index contributed by atoms with van der Waals surface area (Å²) in [6.45, 7) is 2.00. The van der Waals surface area contributed by atoms with Crippen LogP contribution in [0.2, 0.25) is 0 Å². The average molecular weight is 303 g/mol. The van der Waals surface area contributed by atoms with E-state index in [1.807, 2.05) is 0 Å². The predicted octanol–water partition coefficient (Wildman–Crippen LogP) is -1.50. The molecule has 21 heavy (non-hydrogen) atoms. The first kappa shape index (κ1) is 17.2. The fraction of sp³-hybridized carbons (Fsp3) is 0.750. The fourth-order valence-corrected chi connectivity index (χ4v) is 2.10. The summed E-state index contributed by atoms with van der Waals surface area (Å²) in [7, 11) is 0. The molecule has 1 aliphatic heterocycles. The van der Waals surface area contributed by atoms with E-state index in [-0.39, 0.29) is 32.1 Å². The van der Waals surface area contributed by atoms with Gasteiger partial charge in [0.05, 0.1) is 25.4 Å². The number of hydrogen-bond donors (Lipinski definition) is 4. The van der Waals surface area contributed by atoms with Gasteiger partial charge in [-0.1, -0.05) is 0 Å². The molecule has 1 aliphatic rings. The Morgan fingerprint density at radius 3 is 2.62 bits per heavy atom. The smallest absolute Gasteiger partial charge is 0.326 e. The summed E-state index contributed by atoms with van der Waals surface area (Å²) in [6, 6.07) is -1.75. The average Bonchev–Trinajstić information content (AvgIpc) is 2.41. The molecule has 1 rings (SSSR count). The number of carbonyl (C=O) groups excluding carboxylic acids is 2. The highest BCUT2D eigenvalue weighted by Gasteiger charge is 2.30. The van der Waals surface area contributed by atoms with Crippen molar-refractivity contribution >= 4 is 17.9 Å². The minimum absolute atomic E-state index is 0.0697. The number of nitrogens with zero attached hydrogens (tertiary/aromatic N) is 1. The second-order valence-corrected chi connectivity index (χ2v) is 5.00. The van der Waals surface area contributed by atoms with Crippen molar-refractivity contribution in [2.75, 3.05) is 19.7 Å². The molecule has 0 saturated carbocycles. The number of amides is 3. The summed E-state index contributed by atoms with van der Waals surface area (Å²) >= 11 is 0. The number of hydrogen-bond acceptors (Lipinski definition) is 5. The van der Waals surface area contributed by atoms with Crippen molar-refractivity contribution in [3.8, 4) is 0 Å². The SMILES string of the molecule is CC1CN(C(=O)NC(CCC(N)=O)C(=O)O)CC(CO)O1. The number of nitrogens with one attached hydrogen (secondary N) is 1. The number of rotatable bonds is 6. The van der Waals surface area contributed by atoms with Gasteiger partial charge in [-0.15, -0.1) is 0 Å². The quantitative estimate of drug-likeness (QED) is 0.470. The third-order valence-corrected chi connectivity index (χ3v) is 3.09. The van der Waals surface area contributed by atoms with E-state index < -0.39 is 30.1 Å². The van der Waals surface area contributed by atoms with Crippen molar-refractivity contribution in [2.24, 2.45) is 5.73 Å². The molecule has 1 heterocycles. The molecule has 0 radical (unpaired) electrons. The zero-order valence-corrected chi connectivity index (χ0v) is 11.8. The zero-order valence-electron chi connectivity index (χ0n) is 11.8. The molecule has 1 fully saturated rings. The summed E-state index contributed by atoms with van der Waals surface area (Å²) in [4.78, 5) is 35.2. The van der Waals surface area contributed by atoms with Gasteiger partial charge in [0.15, 0.2) is 0 Å². The maximum Gasteiger partial charge on any atom is 0.326 e. The number of aliphatic carboxylic acids is 1. The van der Waals surface area contributed by atoms with E-state index in [1.54, 1.807) is 6.92 Å². The van der Waals surface area contributed by atoms with Crippen molar-refractivity contribution in [1.29, 1.82) is 0 Å². The molecule has 0 spiro atoms. The molecule has 9 heteroatoms. The molecule has 0 aromatic heterocycles. The Labute approximate surface area is 122 Å². The molecule has 0 bridgehead atoms. The largest absolute Gasteiger partial charge is 0.480 e. The van der Waals surface area contributed by atoms with Gasteiger partial charge in [-0.2, -0.15) is 0 Å². The van der Waals surface area contributed by atoms with Gasteiger partial charge in [-0.3, -0.25) is 4.79 Å². The summed E-state index contributed by atoms with van der Waals surface area (Å²) in [5.41, 5.74) is 4.97. The van der Waals surface area contributed by atoms with Crippen LogP contribution in [0.1, 0.15) is 19.8 Å². The molecular formula is C12H21N3O6. The molecule has 9 nitrogen and oxygen atoms in total. The Bertz CT molecular complexity index is 402. The number of aliphatic hydroxyl groups excluding tert-OH is 1. The van der Waals surface area contributed by atoms with Crippen LogP contribution >= 0.6 is 0 Å². The molecular weight excluding hydrogens is 282 g/mol. The third kappa shape index (κ3) is 5.56. The second kappa shape index (κ2) is 7.79. The number of primary amides is 1. The second-order valence-electron chi connectivity index (χ2n) is 5.00. The standard InChI is InChI=1S/C12H21N3O6/c1-7-4-15(5-8(6-16)21-7)12(20)14-9(11(18)19)2-3-10(13)17/h7-9,16H,2-6H2,1H3,(H2,13,17)(H,14,20)(H,18,19). The van der Waals surface area contributed by atoms with E-state index in [4.69, 9.17) is 20.7 Å². The molecule has 3 atom stereocenters. The Morgan fingerprint density at radius 1 is 1.43 bits per heavy atom. The first-order chi connectivity index (χ1) is 9.83. The maximum atomic E-state index is 12.1. The normalized spacial score (nSPS) is 23.4. The maximum absolute atomic E-state index is 12.1. The highest BCUT2D eigenvalue weighted by Crippen LogP contribution is 2.11. The summed E-state index contributed by atoms with van der Waals surface area (Å²) in [5, 5.41) is 20.5. The number of aliphatic hydroxyl groups is 1. The Kier molecular flexibility index (Phi) is 6.38. The van der Waals surface area contributed by atoms with E-state index >= 15 is 0 Å². The zero-order chi connectivity index (χ0) is 16.0. The minimum atomic E-state index is -1.23. The Balaban J connectivity index is 2.59. The summed E-state index contributed by atoms with van der Waals surface area (Å²) in [5.74, 6) is -1.86. The predicted molar refractivity (Wildman–Crippen MR) is 71.4 cm³/mol. The van der Waals surface area contributed by atoms with E-state index in [2.05, 4.69) is 5.32 Å². The molecule has 0 aliphatic carbocycles. The van der Waals surface area contributed by atoms with E-state index in [1.165, 1.54) is 4.90 Å². The van der Waals surface area contributed by atoms with Gasteiger partial charge < -0.3 is 30.9 Å². The van der Waals surface area contributed by atoms with Crippen LogP contribution in [0.5, 0.6) is 0 Å². The molecule has 0 aromatic carbocycles. The number of urea groups is 1. The van der Waals surface area contributed by atoms with Crippen molar-refractivity contribution in [3.05, 3.63) is 0 Å². The topological polar surface area (TPSA) is 142 Å². The molecule has 120 valence electrons. The lowest BCUT2D eigenvalue weighted by Gasteiger charge is -2.36. The molecule has 1 saturated heterocycles. The highest BCUT2D eigenvalue weighted by molar-refractivity contribution is 5.83. The number of ether oxygens (including phenoxy) is 1. The van der Waals surface area contributed by atoms with Gasteiger partial charge >= 0.3 is 12.0 Å². The first-order valence-electron chi connectivity index (χ1n) is 6.66. The number of carbonyl (C=O) groups is 3. The van der Waals surface area contributed by atoms with Gasteiger partial charge in [-0.05, 0) is 13.3 Å². The lowest BCUT2D eigenvalue weighted by molar-refractivity contribution is -0.139. The lowest BCUT2D eigenvalue weighted by atomic mass is 10.1. The van der Waals surface area contributed by atoms with Crippen LogP contribution in [0.15, 0.2) is 0 Å². The number of carboxylic acids is 1. The Morgan fingerprint density at radius 2 is 2.10 bits per heavy atom. The third-order valence-electron chi connectivity index (χ3n) is 3.09. The van der Waals surface area contributed by atoms with Crippen LogP contribution in [-0.4, -0.2) is 71.0 Å². The lowest BCUT2D eigenvalue weighted by Crippen LogP contribution is -2.56. The molecule has 3 unspecified atom stereocenters. The molecule has 5 N–H and O–H groups in total. The van der Waals surface area contributed by atoms with Gasteiger partial charge in [-0.25, -0.2) is 9.59 Å². The van der Waals surface area contributed by atoms with Crippen LogP contribution < -0.4 is 11.1 Å². The number of nitrogens with two attached hydrogens (primary N) is 1. The van der Waals surface area contributed by atoms with Crippen LogP contribution in [0.25, 0.3) is 0 Å². The highest BCUT2D eigenvalue weighted by atomic mass is 16.5. The van der Waals surface area contributed by atoms with Crippen LogP contribution in [0.3, 0.4) is 0 Å².